The number of nitrogens with one attached hydrogen (secondary N) is 1. The maximum absolute atomic E-state index is 6.13. The summed E-state index contributed by atoms with van der Waals surface area (Å²) in [7, 11) is 3.20. The topological polar surface area (TPSA) is 56.5 Å². The molecule has 0 amide bonds. The molecule has 0 aliphatic heterocycles. The van der Waals surface area contributed by atoms with Crippen LogP contribution in [-0.2, 0) is 0 Å². The van der Waals surface area contributed by atoms with Crippen molar-refractivity contribution in [1.82, 2.24) is 0 Å². The van der Waals surface area contributed by atoms with Gasteiger partial charge in [0.2, 0.25) is 0 Å². The molecule has 0 saturated heterocycles. The van der Waals surface area contributed by atoms with E-state index in [1.165, 1.54) is 0 Å². The fourth-order valence-corrected chi connectivity index (χ4v) is 1.94. The predicted molar refractivity (Wildman–Crippen MR) is 78.7 cm³/mol. The van der Waals surface area contributed by atoms with Crippen LogP contribution in [0.15, 0.2) is 36.4 Å². The molecule has 0 unspecified atom stereocenters. The van der Waals surface area contributed by atoms with Gasteiger partial charge in [0.15, 0.2) is 0 Å². The summed E-state index contributed by atoms with van der Waals surface area (Å²) < 4.78 is 10.5. The van der Waals surface area contributed by atoms with E-state index in [1.54, 1.807) is 38.5 Å². The Kier molecular flexibility index (Phi) is 4.02. The van der Waals surface area contributed by atoms with Crippen molar-refractivity contribution in [3.8, 4) is 11.5 Å². The lowest BCUT2D eigenvalue weighted by Crippen LogP contribution is -1.99. The van der Waals surface area contributed by atoms with Crippen LogP contribution < -0.4 is 20.5 Å². The van der Waals surface area contributed by atoms with Crippen molar-refractivity contribution in [2.75, 3.05) is 25.3 Å². The summed E-state index contributed by atoms with van der Waals surface area (Å²) in [5.41, 5.74) is 7.91. The fourth-order valence-electron chi connectivity index (χ4n) is 1.71. The third kappa shape index (κ3) is 2.85. The van der Waals surface area contributed by atoms with Crippen LogP contribution in [0.25, 0.3) is 0 Å². The third-order valence-corrected chi connectivity index (χ3v) is 3.03. The number of rotatable bonds is 4. The van der Waals surface area contributed by atoms with E-state index in [9.17, 15) is 0 Å². The lowest BCUT2D eigenvalue weighted by atomic mass is 10.2. The summed E-state index contributed by atoms with van der Waals surface area (Å²) >= 11 is 6.13. The molecule has 0 aliphatic carbocycles. The van der Waals surface area contributed by atoms with Crippen LogP contribution in [0.1, 0.15) is 0 Å². The Bertz CT molecular complexity index is 567. The number of para-hydroxylation sites is 1. The van der Waals surface area contributed by atoms with Crippen molar-refractivity contribution >= 4 is 28.7 Å². The van der Waals surface area contributed by atoms with Gasteiger partial charge in [0.25, 0.3) is 0 Å². The monoisotopic (exact) mass is 278 g/mol. The van der Waals surface area contributed by atoms with Gasteiger partial charge in [0, 0.05) is 6.07 Å². The molecule has 19 heavy (non-hydrogen) atoms. The molecular formula is C14H15ClN2O2. The van der Waals surface area contributed by atoms with Crippen molar-refractivity contribution in [2.45, 2.75) is 0 Å². The quantitative estimate of drug-likeness (QED) is 0.838. The minimum atomic E-state index is 0.554. The van der Waals surface area contributed by atoms with Crippen LogP contribution in [0, 0.1) is 0 Å². The van der Waals surface area contributed by atoms with Crippen LogP contribution in [0.3, 0.4) is 0 Å². The molecule has 0 bridgehead atoms. The number of ether oxygens (including phenoxy) is 2. The number of hydrogen-bond acceptors (Lipinski definition) is 4. The van der Waals surface area contributed by atoms with Gasteiger partial charge >= 0.3 is 0 Å². The summed E-state index contributed by atoms with van der Waals surface area (Å²) in [6.07, 6.45) is 0. The Morgan fingerprint density at radius 1 is 1.11 bits per heavy atom. The van der Waals surface area contributed by atoms with Crippen LogP contribution in [0.5, 0.6) is 11.5 Å². The van der Waals surface area contributed by atoms with Crippen molar-refractivity contribution in [2.24, 2.45) is 0 Å². The van der Waals surface area contributed by atoms with Crippen LogP contribution >= 0.6 is 11.6 Å². The highest BCUT2D eigenvalue weighted by molar-refractivity contribution is 6.34. The third-order valence-electron chi connectivity index (χ3n) is 2.71. The minimum Gasteiger partial charge on any atom is -0.497 e. The highest BCUT2D eigenvalue weighted by Gasteiger charge is 2.09. The highest BCUT2D eigenvalue weighted by Crippen LogP contribution is 2.36. The molecule has 0 fully saturated rings. The summed E-state index contributed by atoms with van der Waals surface area (Å²) in [4.78, 5) is 0. The SMILES string of the molecule is COc1ccc(Nc2c(N)cccc2Cl)c(OC)c1. The Labute approximate surface area is 117 Å². The van der Waals surface area contributed by atoms with Crippen molar-refractivity contribution in [1.29, 1.82) is 0 Å². The second-order valence-electron chi connectivity index (χ2n) is 3.90. The molecular weight excluding hydrogens is 264 g/mol. The smallest absolute Gasteiger partial charge is 0.145 e. The maximum atomic E-state index is 6.13. The number of methoxy groups -OCH3 is 2. The first-order valence-corrected chi connectivity index (χ1v) is 6.06. The molecule has 2 rings (SSSR count). The van der Waals surface area contributed by atoms with E-state index >= 15 is 0 Å². The molecule has 2 aromatic rings. The largest absolute Gasteiger partial charge is 0.497 e. The van der Waals surface area contributed by atoms with Gasteiger partial charge in [-0.3, -0.25) is 0 Å². The van der Waals surface area contributed by atoms with Gasteiger partial charge in [0.1, 0.15) is 11.5 Å². The van der Waals surface area contributed by atoms with E-state index in [-0.39, 0.29) is 0 Å². The van der Waals surface area contributed by atoms with Crippen molar-refractivity contribution in [3.63, 3.8) is 0 Å². The van der Waals surface area contributed by atoms with E-state index in [4.69, 9.17) is 26.8 Å². The lowest BCUT2D eigenvalue weighted by Gasteiger charge is -2.15. The summed E-state index contributed by atoms with van der Waals surface area (Å²) in [6.45, 7) is 0. The van der Waals surface area contributed by atoms with Gasteiger partial charge in [-0.15, -0.1) is 0 Å². The van der Waals surface area contributed by atoms with E-state index in [2.05, 4.69) is 5.32 Å². The van der Waals surface area contributed by atoms with E-state index < -0.39 is 0 Å². The minimum absolute atomic E-state index is 0.554. The van der Waals surface area contributed by atoms with E-state index in [0.29, 0.717) is 22.1 Å². The van der Waals surface area contributed by atoms with Gasteiger partial charge in [0.05, 0.1) is 36.3 Å². The highest BCUT2D eigenvalue weighted by atomic mass is 35.5. The van der Waals surface area contributed by atoms with Crippen LogP contribution in [0.4, 0.5) is 17.1 Å². The molecule has 0 heterocycles. The van der Waals surface area contributed by atoms with Gasteiger partial charge < -0.3 is 20.5 Å². The molecule has 0 aromatic heterocycles. The van der Waals surface area contributed by atoms with Gasteiger partial charge in [-0.2, -0.15) is 0 Å². The summed E-state index contributed by atoms with van der Waals surface area (Å²) in [5, 5.41) is 3.73. The van der Waals surface area contributed by atoms with Gasteiger partial charge in [-0.1, -0.05) is 17.7 Å². The molecule has 100 valence electrons. The first kappa shape index (κ1) is 13.4. The molecule has 5 heteroatoms. The van der Waals surface area contributed by atoms with Crippen molar-refractivity contribution < 1.29 is 9.47 Å². The van der Waals surface area contributed by atoms with Crippen molar-refractivity contribution in [3.05, 3.63) is 41.4 Å². The summed E-state index contributed by atoms with van der Waals surface area (Å²) in [6, 6.07) is 10.8. The number of nitrogens with two attached hydrogens (primary N) is 1. The number of anilines is 3. The summed E-state index contributed by atoms with van der Waals surface area (Å²) in [5.74, 6) is 1.37. The molecule has 0 radical (unpaired) electrons. The molecule has 3 N–H and O–H groups in total. The average Bonchev–Trinajstić information content (AvgIpc) is 2.43. The van der Waals surface area contributed by atoms with E-state index in [1.807, 2.05) is 12.1 Å². The molecule has 2 aromatic carbocycles. The Morgan fingerprint density at radius 2 is 1.89 bits per heavy atom. The molecule has 0 saturated carbocycles. The van der Waals surface area contributed by atoms with Crippen LogP contribution in [-0.4, -0.2) is 14.2 Å². The Hall–Kier alpha value is -2.07. The zero-order chi connectivity index (χ0) is 13.8. The van der Waals surface area contributed by atoms with Crippen LogP contribution in [0.2, 0.25) is 5.02 Å². The zero-order valence-corrected chi connectivity index (χ0v) is 11.5. The first-order valence-electron chi connectivity index (χ1n) is 5.68. The zero-order valence-electron chi connectivity index (χ0n) is 10.7. The standard InChI is InChI=1S/C14H15ClN2O2/c1-18-9-6-7-12(13(8-9)19-2)17-14-10(15)4-3-5-11(14)16/h3-8,17H,16H2,1-2H3. The molecule has 0 atom stereocenters. The number of benzene rings is 2. The number of hydrogen-bond donors (Lipinski definition) is 2. The Balaban J connectivity index is 2.38. The molecule has 4 nitrogen and oxygen atoms in total. The second kappa shape index (κ2) is 5.71. The average molecular weight is 279 g/mol. The maximum Gasteiger partial charge on any atom is 0.145 e. The normalized spacial score (nSPS) is 10.1. The van der Waals surface area contributed by atoms with Gasteiger partial charge in [-0.05, 0) is 24.3 Å². The lowest BCUT2D eigenvalue weighted by molar-refractivity contribution is 0.395. The molecule has 0 aliphatic rings. The van der Waals surface area contributed by atoms with Gasteiger partial charge in [-0.25, -0.2) is 0 Å². The second-order valence-corrected chi connectivity index (χ2v) is 4.30. The fraction of sp³-hybridized carbons (Fsp3) is 0.143. The predicted octanol–water partition coefficient (Wildman–Crippen LogP) is 3.68. The number of halogens is 1. The van der Waals surface area contributed by atoms with E-state index in [0.717, 1.165) is 11.4 Å². The first-order chi connectivity index (χ1) is 9.15. The molecule has 0 spiro atoms. The Morgan fingerprint density at radius 3 is 2.53 bits per heavy atom. The number of nitrogen functional groups attached to an aromatic ring is 1.